The first-order valence-electron chi connectivity index (χ1n) is 5.82. The Morgan fingerprint density at radius 1 is 1.31 bits per heavy atom. The van der Waals surface area contributed by atoms with Gasteiger partial charge in [0.1, 0.15) is 12.2 Å². The molecule has 1 aliphatic heterocycles. The summed E-state index contributed by atoms with van der Waals surface area (Å²) in [6.45, 7) is 6.04. The fraction of sp³-hybridized carbons (Fsp3) is 0.667. The van der Waals surface area contributed by atoms with E-state index < -0.39 is 0 Å². The first kappa shape index (κ1) is 11.2. The Balaban J connectivity index is 2.34. The Morgan fingerprint density at radius 3 is 2.50 bits per heavy atom. The molecule has 2 fully saturated rings. The van der Waals surface area contributed by atoms with Crippen molar-refractivity contribution in [2.75, 3.05) is 19.7 Å². The number of Topliss-reactive ketones (excluding diaryl/α,β-unsaturated/α-hetero) is 2. The van der Waals surface area contributed by atoms with Gasteiger partial charge in [0.05, 0.1) is 6.54 Å². The summed E-state index contributed by atoms with van der Waals surface area (Å²) in [4.78, 5) is 25.7. The van der Waals surface area contributed by atoms with E-state index in [9.17, 15) is 9.59 Å². The van der Waals surface area contributed by atoms with Crippen LogP contribution in [0.5, 0.6) is 0 Å². The number of hydrogen-bond acceptors (Lipinski definition) is 4. The third kappa shape index (κ3) is 1.84. The number of likely N-dealkylation sites (N-methyl/N-ethyl adjacent to an activating group) is 1. The van der Waals surface area contributed by atoms with Gasteiger partial charge in [0, 0.05) is 19.4 Å². The number of ketones is 2. The fourth-order valence-electron chi connectivity index (χ4n) is 2.28. The van der Waals surface area contributed by atoms with Crippen molar-refractivity contribution in [2.24, 2.45) is 5.92 Å². The highest BCUT2D eigenvalue weighted by atomic mass is 16.5. The highest BCUT2D eigenvalue weighted by Gasteiger charge is 2.35. The number of carbonyl (C=O) groups excluding carboxylic acids is 2. The van der Waals surface area contributed by atoms with Gasteiger partial charge < -0.3 is 9.64 Å². The molecule has 0 unspecified atom stereocenters. The topological polar surface area (TPSA) is 46.6 Å². The summed E-state index contributed by atoms with van der Waals surface area (Å²) in [7, 11) is 0. The molecule has 2 aliphatic rings. The second-order valence-electron chi connectivity index (χ2n) is 4.47. The van der Waals surface area contributed by atoms with Crippen LogP contribution in [0.15, 0.2) is 11.5 Å². The molecule has 0 atom stereocenters. The van der Waals surface area contributed by atoms with Crippen LogP contribution in [0.25, 0.3) is 0 Å². The van der Waals surface area contributed by atoms with Crippen LogP contribution in [0, 0.1) is 5.92 Å². The van der Waals surface area contributed by atoms with Gasteiger partial charge in [0.25, 0.3) is 0 Å². The van der Waals surface area contributed by atoms with Gasteiger partial charge in [0.15, 0.2) is 11.6 Å². The van der Waals surface area contributed by atoms with Crippen molar-refractivity contribution in [3.8, 4) is 0 Å². The summed E-state index contributed by atoms with van der Waals surface area (Å²) in [5.74, 6) is 0.573. The predicted octanol–water partition coefficient (Wildman–Crippen LogP) is 1.12. The van der Waals surface area contributed by atoms with Crippen LogP contribution < -0.4 is 0 Å². The van der Waals surface area contributed by atoms with Crippen LogP contribution >= 0.6 is 0 Å². The maximum atomic E-state index is 11.9. The molecule has 0 bridgehead atoms. The average molecular weight is 223 g/mol. The molecule has 1 saturated heterocycles. The lowest BCUT2D eigenvalue weighted by molar-refractivity contribution is -0.125. The van der Waals surface area contributed by atoms with Crippen LogP contribution in [-0.2, 0) is 14.3 Å². The average Bonchev–Trinajstić information content (AvgIpc) is 2.64. The molecule has 0 amide bonds. The van der Waals surface area contributed by atoms with E-state index in [0.717, 1.165) is 13.1 Å². The van der Waals surface area contributed by atoms with E-state index in [-0.39, 0.29) is 17.5 Å². The van der Waals surface area contributed by atoms with E-state index in [1.54, 1.807) is 0 Å². The van der Waals surface area contributed by atoms with Crippen LogP contribution in [0.1, 0.15) is 26.7 Å². The molecule has 1 saturated carbocycles. The summed E-state index contributed by atoms with van der Waals surface area (Å²) < 4.78 is 5.44. The molecule has 0 N–H and O–H groups in total. The number of hydrogen-bond donors (Lipinski definition) is 0. The first-order valence-corrected chi connectivity index (χ1v) is 5.82. The smallest absolute Gasteiger partial charge is 0.204 e. The molecule has 1 heterocycles. The Bertz CT molecular complexity index is 339. The van der Waals surface area contributed by atoms with Crippen LogP contribution in [-0.4, -0.2) is 36.2 Å². The first-order chi connectivity index (χ1) is 7.63. The van der Waals surface area contributed by atoms with Gasteiger partial charge in [-0.15, -0.1) is 0 Å². The summed E-state index contributed by atoms with van der Waals surface area (Å²) in [5, 5.41) is 0. The van der Waals surface area contributed by atoms with Crippen molar-refractivity contribution in [1.29, 1.82) is 0 Å². The fourth-order valence-corrected chi connectivity index (χ4v) is 2.28. The second-order valence-corrected chi connectivity index (χ2v) is 4.47. The van der Waals surface area contributed by atoms with Crippen molar-refractivity contribution in [3.63, 3.8) is 0 Å². The zero-order valence-electron chi connectivity index (χ0n) is 9.78. The third-order valence-electron chi connectivity index (χ3n) is 3.11. The molecule has 88 valence electrons. The standard InChI is InChI=1S/C12H17NO3/c1-3-13-4-5-16-12(13)11-9(14)6-8(2)7-10(11)15/h8H,3-7H2,1-2H3. The minimum absolute atomic E-state index is 0.0564. The SMILES string of the molecule is CCN1CCOC1=C1C(=O)CC(C)CC1=O. The van der Waals surface area contributed by atoms with Crippen LogP contribution in [0.4, 0.5) is 0 Å². The largest absolute Gasteiger partial charge is 0.477 e. The van der Waals surface area contributed by atoms with E-state index >= 15 is 0 Å². The van der Waals surface area contributed by atoms with Crippen molar-refractivity contribution >= 4 is 11.6 Å². The molecule has 4 nitrogen and oxygen atoms in total. The van der Waals surface area contributed by atoms with Crippen molar-refractivity contribution in [3.05, 3.63) is 11.5 Å². The number of allylic oxidation sites excluding steroid dienone is 1. The molecule has 16 heavy (non-hydrogen) atoms. The van der Waals surface area contributed by atoms with E-state index in [2.05, 4.69) is 0 Å². The molecule has 0 aromatic heterocycles. The maximum absolute atomic E-state index is 11.9. The summed E-state index contributed by atoms with van der Waals surface area (Å²) >= 11 is 0. The number of ether oxygens (including phenoxy) is 1. The van der Waals surface area contributed by atoms with Crippen molar-refractivity contribution in [2.45, 2.75) is 26.7 Å². The molecular formula is C12H17NO3. The minimum Gasteiger partial charge on any atom is -0.477 e. The van der Waals surface area contributed by atoms with Crippen LogP contribution in [0.3, 0.4) is 0 Å². The van der Waals surface area contributed by atoms with Gasteiger partial charge in [-0.1, -0.05) is 6.92 Å². The highest BCUT2D eigenvalue weighted by Crippen LogP contribution is 2.28. The number of nitrogens with zero attached hydrogens (tertiary/aromatic N) is 1. The lowest BCUT2D eigenvalue weighted by atomic mass is 9.85. The molecule has 4 heteroatoms. The molecule has 1 aliphatic carbocycles. The highest BCUT2D eigenvalue weighted by molar-refractivity contribution is 6.22. The summed E-state index contributed by atoms with van der Waals surface area (Å²) in [6, 6.07) is 0. The summed E-state index contributed by atoms with van der Waals surface area (Å²) in [6.07, 6.45) is 0.928. The Kier molecular flexibility index (Phi) is 2.99. The van der Waals surface area contributed by atoms with Gasteiger partial charge in [-0.25, -0.2) is 0 Å². The number of carbonyl (C=O) groups is 2. The van der Waals surface area contributed by atoms with Gasteiger partial charge >= 0.3 is 0 Å². The molecule has 0 aromatic carbocycles. The molecule has 0 spiro atoms. The normalized spacial score (nSPS) is 26.4. The molecule has 2 rings (SSSR count). The Morgan fingerprint density at radius 2 is 1.94 bits per heavy atom. The van der Waals surface area contributed by atoms with Crippen LogP contribution in [0.2, 0.25) is 0 Å². The molecule has 0 aromatic rings. The van der Waals surface area contributed by atoms with E-state index in [1.807, 2.05) is 18.7 Å². The van der Waals surface area contributed by atoms with Gasteiger partial charge in [0.2, 0.25) is 5.88 Å². The van der Waals surface area contributed by atoms with Gasteiger partial charge in [-0.05, 0) is 12.8 Å². The second kappa shape index (κ2) is 4.28. The minimum atomic E-state index is -0.0564. The number of rotatable bonds is 1. The third-order valence-corrected chi connectivity index (χ3v) is 3.11. The van der Waals surface area contributed by atoms with E-state index in [4.69, 9.17) is 4.74 Å². The maximum Gasteiger partial charge on any atom is 0.204 e. The van der Waals surface area contributed by atoms with Gasteiger partial charge in [-0.2, -0.15) is 0 Å². The van der Waals surface area contributed by atoms with Gasteiger partial charge in [-0.3, -0.25) is 9.59 Å². The molecule has 0 radical (unpaired) electrons. The van der Waals surface area contributed by atoms with Crippen molar-refractivity contribution in [1.82, 2.24) is 4.90 Å². The van der Waals surface area contributed by atoms with E-state index in [1.165, 1.54) is 0 Å². The summed E-state index contributed by atoms with van der Waals surface area (Å²) in [5.41, 5.74) is 0.303. The Labute approximate surface area is 95.2 Å². The van der Waals surface area contributed by atoms with E-state index in [0.29, 0.717) is 30.9 Å². The van der Waals surface area contributed by atoms with Crippen molar-refractivity contribution < 1.29 is 14.3 Å². The molecular weight excluding hydrogens is 206 g/mol. The Hall–Kier alpha value is -1.32. The predicted molar refractivity (Wildman–Crippen MR) is 58.6 cm³/mol. The zero-order valence-corrected chi connectivity index (χ0v) is 9.78. The lowest BCUT2D eigenvalue weighted by Gasteiger charge is -2.22. The quantitative estimate of drug-likeness (QED) is 0.493. The zero-order chi connectivity index (χ0) is 11.7. The monoisotopic (exact) mass is 223 g/mol. The lowest BCUT2D eigenvalue weighted by Crippen LogP contribution is -2.29.